The number of ether oxygens (including phenoxy) is 2. The van der Waals surface area contributed by atoms with E-state index in [1.54, 1.807) is 0 Å². The standard InChI is InChI=1S/C14H19NO3/c1-3-6-14(16)17-10-11-9-15(2)12-7-4-5-8-13(12)18-11/h4-5,7-8,11H,3,6,9-10H2,1-2H3/t11-/m0/s1. The number of nitrogens with zero attached hydrogens (tertiary/aromatic N) is 1. The Bertz CT molecular complexity index is 419. The first-order valence-electron chi connectivity index (χ1n) is 6.33. The summed E-state index contributed by atoms with van der Waals surface area (Å²) in [7, 11) is 2.02. The second kappa shape index (κ2) is 5.76. The summed E-state index contributed by atoms with van der Waals surface area (Å²) in [6.45, 7) is 3.01. The third-order valence-electron chi connectivity index (χ3n) is 2.93. The van der Waals surface area contributed by atoms with E-state index >= 15 is 0 Å². The van der Waals surface area contributed by atoms with Crippen molar-refractivity contribution in [1.82, 2.24) is 0 Å². The van der Waals surface area contributed by atoms with Crippen LogP contribution in [0.15, 0.2) is 24.3 Å². The van der Waals surface area contributed by atoms with Gasteiger partial charge in [-0.1, -0.05) is 19.1 Å². The molecule has 4 nitrogen and oxygen atoms in total. The van der Waals surface area contributed by atoms with Gasteiger partial charge < -0.3 is 14.4 Å². The smallest absolute Gasteiger partial charge is 0.305 e. The molecule has 0 saturated heterocycles. The number of anilines is 1. The number of para-hydroxylation sites is 2. The van der Waals surface area contributed by atoms with Crippen LogP contribution in [0.5, 0.6) is 5.75 Å². The Kier molecular flexibility index (Phi) is 4.07. The lowest BCUT2D eigenvalue weighted by molar-refractivity contribution is -0.146. The first kappa shape index (κ1) is 12.7. The summed E-state index contributed by atoms with van der Waals surface area (Å²) in [6, 6.07) is 7.89. The van der Waals surface area contributed by atoms with Crippen molar-refractivity contribution in [2.75, 3.05) is 25.1 Å². The van der Waals surface area contributed by atoms with Gasteiger partial charge in [0.1, 0.15) is 12.4 Å². The Balaban J connectivity index is 1.92. The molecule has 0 unspecified atom stereocenters. The lowest BCUT2D eigenvalue weighted by Crippen LogP contribution is -2.40. The molecule has 4 heteroatoms. The SMILES string of the molecule is CCCC(=O)OC[C@@H]1CN(C)c2ccccc2O1. The van der Waals surface area contributed by atoms with Crippen LogP contribution in [0.3, 0.4) is 0 Å². The summed E-state index contributed by atoms with van der Waals surface area (Å²) in [5.41, 5.74) is 1.08. The van der Waals surface area contributed by atoms with Gasteiger partial charge in [-0.25, -0.2) is 0 Å². The molecule has 0 aromatic heterocycles. The monoisotopic (exact) mass is 249 g/mol. The molecular formula is C14H19NO3. The van der Waals surface area contributed by atoms with Crippen molar-refractivity contribution in [3.63, 3.8) is 0 Å². The van der Waals surface area contributed by atoms with Crippen molar-refractivity contribution in [2.45, 2.75) is 25.9 Å². The van der Waals surface area contributed by atoms with Gasteiger partial charge in [0.25, 0.3) is 0 Å². The molecule has 18 heavy (non-hydrogen) atoms. The maximum Gasteiger partial charge on any atom is 0.305 e. The van der Waals surface area contributed by atoms with Gasteiger partial charge in [-0.3, -0.25) is 4.79 Å². The maximum absolute atomic E-state index is 11.3. The molecule has 0 fully saturated rings. The minimum atomic E-state index is -0.150. The topological polar surface area (TPSA) is 38.8 Å². The predicted octanol–water partition coefficient (Wildman–Crippen LogP) is 2.23. The van der Waals surface area contributed by atoms with Gasteiger partial charge in [-0.2, -0.15) is 0 Å². The van der Waals surface area contributed by atoms with E-state index < -0.39 is 0 Å². The van der Waals surface area contributed by atoms with Crippen molar-refractivity contribution in [3.8, 4) is 5.75 Å². The highest BCUT2D eigenvalue weighted by Crippen LogP contribution is 2.31. The third-order valence-corrected chi connectivity index (χ3v) is 2.93. The zero-order valence-corrected chi connectivity index (χ0v) is 10.9. The molecule has 0 amide bonds. The highest BCUT2D eigenvalue weighted by Gasteiger charge is 2.23. The zero-order chi connectivity index (χ0) is 13.0. The first-order valence-corrected chi connectivity index (χ1v) is 6.33. The number of esters is 1. The van der Waals surface area contributed by atoms with Crippen LogP contribution in [-0.4, -0.2) is 32.3 Å². The van der Waals surface area contributed by atoms with Crippen LogP contribution in [0, 0.1) is 0 Å². The number of carbonyl (C=O) groups is 1. The van der Waals surface area contributed by atoms with E-state index in [-0.39, 0.29) is 12.1 Å². The van der Waals surface area contributed by atoms with Crippen LogP contribution in [-0.2, 0) is 9.53 Å². The maximum atomic E-state index is 11.3. The highest BCUT2D eigenvalue weighted by atomic mass is 16.6. The van der Waals surface area contributed by atoms with Crippen molar-refractivity contribution < 1.29 is 14.3 Å². The van der Waals surface area contributed by atoms with Crippen molar-refractivity contribution >= 4 is 11.7 Å². The summed E-state index contributed by atoms with van der Waals surface area (Å²) in [5.74, 6) is 0.699. The average Bonchev–Trinajstić information content (AvgIpc) is 2.37. The van der Waals surface area contributed by atoms with Gasteiger partial charge in [0, 0.05) is 13.5 Å². The van der Waals surface area contributed by atoms with Crippen LogP contribution < -0.4 is 9.64 Å². The largest absolute Gasteiger partial charge is 0.483 e. The third kappa shape index (κ3) is 2.94. The average molecular weight is 249 g/mol. The summed E-state index contributed by atoms with van der Waals surface area (Å²) >= 11 is 0. The van der Waals surface area contributed by atoms with Gasteiger partial charge in [-0.15, -0.1) is 0 Å². The lowest BCUT2D eigenvalue weighted by atomic mass is 10.2. The fourth-order valence-electron chi connectivity index (χ4n) is 2.04. The molecular weight excluding hydrogens is 230 g/mol. The van der Waals surface area contributed by atoms with Crippen LogP contribution >= 0.6 is 0 Å². The van der Waals surface area contributed by atoms with Crippen LogP contribution in [0.25, 0.3) is 0 Å². The van der Waals surface area contributed by atoms with Gasteiger partial charge >= 0.3 is 5.97 Å². The molecule has 98 valence electrons. The van der Waals surface area contributed by atoms with Gasteiger partial charge in [0.05, 0.1) is 12.2 Å². The van der Waals surface area contributed by atoms with Crippen molar-refractivity contribution in [3.05, 3.63) is 24.3 Å². The quantitative estimate of drug-likeness (QED) is 0.767. The number of fused-ring (bicyclic) bond motifs is 1. The molecule has 1 aromatic carbocycles. The Hall–Kier alpha value is -1.71. The number of carbonyl (C=O) groups excluding carboxylic acids is 1. The van der Waals surface area contributed by atoms with Crippen molar-refractivity contribution in [2.24, 2.45) is 0 Å². The normalized spacial score (nSPS) is 17.9. The van der Waals surface area contributed by atoms with Crippen LogP contribution in [0.2, 0.25) is 0 Å². The van der Waals surface area contributed by atoms with E-state index in [0.29, 0.717) is 13.0 Å². The Morgan fingerprint density at radius 2 is 2.28 bits per heavy atom. The summed E-state index contributed by atoms with van der Waals surface area (Å²) in [5, 5.41) is 0. The second-order valence-corrected chi connectivity index (χ2v) is 4.52. The van der Waals surface area contributed by atoms with Crippen LogP contribution in [0.1, 0.15) is 19.8 Å². The molecule has 0 radical (unpaired) electrons. The molecule has 1 atom stereocenters. The van der Waals surface area contributed by atoms with E-state index in [1.165, 1.54) is 0 Å². The molecule has 0 N–H and O–H groups in total. The van der Waals surface area contributed by atoms with Gasteiger partial charge in [-0.05, 0) is 18.6 Å². The summed E-state index contributed by atoms with van der Waals surface area (Å²) < 4.78 is 11.0. The molecule has 1 heterocycles. The van der Waals surface area contributed by atoms with E-state index in [1.807, 2.05) is 38.2 Å². The van der Waals surface area contributed by atoms with Gasteiger partial charge in [0.2, 0.25) is 0 Å². The highest BCUT2D eigenvalue weighted by molar-refractivity contribution is 5.69. The second-order valence-electron chi connectivity index (χ2n) is 4.52. The first-order chi connectivity index (χ1) is 8.70. The number of hydrogen-bond donors (Lipinski definition) is 0. The van der Waals surface area contributed by atoms with Crippen LogP contribution in [0.4, 0.5) is 5.69 Å². The van der Waals surface area contributed by atoms with Gasteiger partial charge in [0.15, 0.2) is 6.10 Å². The van der Waals surface area contributed by atoms with E-state index in [0.717, 1.165) is 24.4 Å². The predicted molar refractivity (Wildman–Crippen MR) is 70.0 cm³/mol. The molecule has 0 aliphatic carbocycles. The molecule has 2 rings (SSSR count). The van der Waals surface area contributed by atoms with E-state index in [2.05, 4.69) is 4.90 Å². The molecule has 0 spiro atoms. The number of benzene rings is 1. The minimum Gasteiger partial charge on any atom is -0.483 e. The zero-order valence-electron chi connectivity index (χ0n) is 10.9. The fourth-order valence-corrected chi connectivity index (χ4v) is 2.04. The van der Waals surface area contributed by atoms with Crippen molar-refractivity contribution in [1.29, 1.82) is 0 Å². The summed E-state index contributed by atoms with van der Waals surface area (Å²) in [6.07, 6.45) is 1.19. The molecule has 1 aromatic rings. The fraction of sp³-hybridized carbons (Fsp3) is 0.500. The molecule has 0 bridgehead atoms. The van der Waals surface area contributed by atoms with E-state index in [9.17, 15) is 4.79 Å². The number of likely N-dealkylation sites (N-methyl/N-ethyl adjacent to an activating group) is 1. The molecule has 1 aliphatic heterocycles. The molecule has 1 aliphatic rings. The Labute approximate surface area is 107 Å². The number of rotatable bonds is 4. The van der Waals surface area contributed by atoms with E-state index in [4.69, 9.17) is 9.47 Å². The minimum absolute atomic E-state index is 0.0919. The number of hydrogen-bond acceptors (Lipinski definition) is 4. The Morgan fingerprint density at radius 3 is 3.06 bits per heavy atom. The summed E-state index contributed by atoms with van der Waals surface area (Å²) in [4.78, 5) is 13.4. The molecule has 0 saturated carbocycles. The Morgan fingerprint density at radius 1 is 1.50 bits per heavy atom. The lowest BCUT2D eigenvalue weighted by Gasteiger charge is -2.33.